The van der Waals surface area contributed by atoms with Crippen molar-refractivity contribution >= 4 is 39.3 Å². The summed E-state index contributed by atoms with van der Waals surface area (Å²) in [6.07, 6.45) is -4.67. The third kappa shape index (κ3) is 5.18. The fourth-order valence-electron chi connectivity index (χ4n) is 2.51. The van der Waals surface area contributed by atoms with Crippen LogP contribution in [0.4, 0.5) is 18.9 Å². The molecule has 1 amide bonds. The van der Waals surface area contributed by atoms with Crippen LogP contribution in [0.1, 0.15) is 17.0 Å². The minimum absolute atomic E-state index is 0.0145. The first-order chi connectivity index (χ1) is 13.6. The Morgan fingerprint density at radius 1 is 1.10 bits per heavy atom. The number of carbonyl (C=O) groups excluding carboxylic acids is 1. The second kappa shape index (κ2) is 8.58. The van der Waals surface area contributed by atoms with E-state index in [1.54, 1.807) is 30.3 Å². The monoisotopic (exact) mass is 484 g/mol. The molecular formula is C19H16BrF3N4OS. The molecule has 0 fully saturated rings. The Labute approximate surface area is 177 Å². The number of rotatable bonds is 5. The second-order valence-electron chi connectivity index (χ2n) is 6.30. The van der Waals surface area contributed by atoms with Gasteiger partial charge in [0.05, 0.1) is 11.4 Å². The predicted molar refractivity (Wildman–Crippen MR) is 109 cm³/mol. The summed E-state index contributed by atoms with van der Waals surface area (Å²) >= 11 is 4.25. The van der Waals surface area contributed by atoms with Crippen LogP contribution in [0.3, 0.4) is 0 Å². The van der Waals surface area contributed by atoms with E-state index >= 15 is 0 Å². The molecule has 0 aliphatic heterocycles. The summed E-state index contributed by atoms with van der Waals surface area (Å²) in [6.45, 7) is 3.76. The summed E-state index contributed by atoms with van der Waals surface area (Å²) < 4.78 is 41.8. The van der Waals surface area contributed by atoms with Gasteiger partial charge in [-0.2, -0.15) is 13.2 Å². The topological polar surface area (TPSA) is 59.8 Å². The Kier molecular flexibility index (Phi) is 6.33. The van der Waals surface area contributed by atoms with Gasteiger partial charge in [-0.3, -0.25) is 9.36 Å². The summed E-state index contributed by atoms with van der Waals surface area (Å²) in [5, 5.41) is 9.67. The first kappa shape index (κ1) is 21.4. The molecule has 0 saturated heterocycles. The van der Waals surface area contributed by atoms with Crippen LogP contribution >= 0.6 is 27.7 Å². The lowest BCUT2D eigenvalue weighted by Crippen LogP contribution is -2.16. The standard InChI is InChI=1S/C19H16BrF3N4OS/c1-11-3-6-13(7-4-11)27-17(19(21,22)23)25-26-18(27)29-10-16(28)24-15-8-5-12(2)9-14(15)20/h3-9H,10H2,1-2H3,(H,24,28). The van der Waals surface area contributed by atoms with Gasteiger partial charge in [0.25, 0.3) is 0 Å². The van der Waals surface area contributed by atoms with Gasteiger partial charge in [0, 0.05) is 10.2 Å². The van der Waals surface area contributed by atoms with Gasteiger partial charge in [-0.1, -0.05) is 35.5 Å². The van der Waals surface area contributed by atoms with Gasteiger partial charge in [-0.15, -0.1) is 10.2 Å². The van der Waals surface area contributed by atoms with Crippen molar-refractivity contribution in [1.29, 1.82) is 0 Å². The number of nitrogens with one attached hydrogen (secondary N) is 1. The molecule has 0 bridgehead atoms. The normalized spacial score (nSPS) is 11.5. The second-order valence-corrected chi connectivity index (χ2v) is 8.09. The average molecular weight is 485 g/mol. The number of amides is 1. The molecule has 0 aliphatic carbocycles. The van der Waals surface area contributed by atoms with E-state index < -0.39 is 12.0 Å². The van der Waals surface area contributed by atoms with Crippen molar-refractivity contribution in [3.8, 4) is 5.69 Å². The zero-order valence-corrected chi connectivity index (χ0v) is 17.8. The van der Waals surface area contributed by atoms with Crippen molar-refractivity contribution in [2.75, 3.05) is 11.1 Å². The maximum atomic E-state index is 13.4. The molecule has 0 unspecified atom stereocenters. The molecule has 3 rings (SSSR count). The van der Waals surface area contributed by atoms with E-state index in [4.69, 9.17) is 0 Å². The zero-order valence-electron chi connectivity index (χ0n) is 15.4. The van der Waals surface area contributed by atoms with Crippen molar-refractivity contribution in [3.05, 3.63) is 63.9 Å². The summed E-state index contributed by atoms with van der Waals surface area (Å²) in [6, 6.07) is 12.0. The number of hydrogen-bond acceptors (Lipinski definition) is 4. The lowest BCUT2D eigenvalue weighted by molar-refractivity contribution is -0.146. The minimum Gasteiger partial charge on any atom is -0.324 e. The fourth-order valence-corrected chi connectivity index (χ4v) is 3.86. The number of hydrogen-bond donors (Lipinski definition) is 1. The largest absolute Gasteiger partial charge is 0.452 e. The van der Waals surface area contributed by atoms with Crippen molar-refractivity contribution in [2.24, 2.45) is 0 Å². The molecule has 0 aliphatic rings. The van der Waals surface area contributed by atoms with E-state index in [0.717, 1.165) is 31.9 Å². The molecular weight excluding hydrogens is 469 g/mol. The Bertz CT molecular complexity index is 1030. The van der Waals surface area contributed by atoms with Crippen LogP contribution in [0.5, 0.6) is 0 Å². The SMILES string of the molecule is Cc1ccc(-n2c(SCC(=O)Nc3ccc(C)cc3Br)nnc2C(F)(F)F)cc1. The van der Waals surface area contributed by atoms with Crippen LogP contribution < -0.4 is 5.32 Å². The molecule has 0 saturated carbocycles. The van der Waals surface area contributed by atoms with Crippen LogP contribution in [0, 0.1) is 13.8 Å². The first-order valence-corrected chi connectivity index (χ1v) is 10.2. The molecule has 0 radical (unpaired) electrons. The number of halogens is 4. The van der Waals surface area contributed by atoms with Gasteiger partial charge in [-0.05, 0) is 59.6 Å². The number of benzene rings is 2. The average Bonchev–Trinajstić information content (AvgIpc) is 3.07. The zero-order chi connectivity index (χ0) is 21.2. The number of aryl methyl sites for hydroxylation is 2. The van der Waals surface area contributed by atoms with E-state index in [2.05, 4.69) is 31.4 Å². The Hall–Kier alpha value is -2.33. The summed E-state index contributed by atoms with van der Waals surface area (Å²) in [7, 11) is 0. The number of thioether (sulfide) groups is 1. The van der Waals surface area contributed by atoms with E-state index in [0.29, 0.717) is 5.69 Å². The summed E-state index contributed by atoms with van der Waals surface area (Å²) in [4.78, 5) is 12.3. The van der Waals surface area contributed by atoms with E-state index in [-0.39, 0.29) is 22.5 Å². The molecule has 10 heteroatoms. The fraction of sp³-hybridized carbons (Fsp3) is 0.211. The highest BCUT2D eigenvalue weighted by Gasteiger charge is 2.39. The molecule has 1 N–H and O–H groups in total. The quantitative estimate of drug-likeness (QED) is 0.492. The number of anilines is 1. The highest BCUT2D eigenvalue weighted by molar-refractivity contribution is 9.10. The van der Waals surface area contributed by atoms with Crippen LogP contribution in [0.15, 0.2) is 52.1 Å². The van der Waals surface area contributed by atoms with E-state index in [1.165, 1.54) is 0 Å². The number of aromatic nitrogens is 3. The Morgan fingerprint density at radius 3 is 2.38 bits per heavy atom. The third-order valence-corrected chi connectivity index (χ3v) is 5.50. The number of alkyl halides is 3. The number of carbonyl (C=O) groups is 1. The molecule has 0 atom stereocenters. The smallest absolute Gasteiger partial charge is 0.324 e. The molecule has 5 nitrogen and oxygen atoms in total. The van der Waals surface area contributed by atoms with Crippen LogP contribution in [-0.4, -0.2) is 26.4 Å². The molecule has 2 aromatic carbocycles. The van der Waals surface area contributed by atoms with Crippen LogP contribution in [-0.2, 0) is 11.0 Å². The summed E-state index contributed by atoms with van der Waals surface area (Å²) in [5.74, 6) is -1.63. The molecule has 152 valence electrons. The van der Waals surface area contributed by atoms with Crippen molar-refractivity contribution in [3.63, 3.8) is 0 Å². The predicted octanol–water partition coefficient (Wildman–Crippen LogP) is 5.40. The molecule has 1 heterocycles. The Balaban J connectivity index is 1.81. The highest BCUT2D eigenvalue weighted by Crippen LogP contribution is 2.33. The summed E-state index contributed by atoms with van der Waals surface area (Å²) in [5.41, 5.74) is 2.79. The van der Waals surface area contributed by atoms with Crippen LogP contribution in [0.25, 0.3) is 5.69 Å². The van der Waals surface area contributed by atoms with Gasteiger partial charge in [0.15, 0.2) is 5.16 Å². The lowest BCUT2D eigenvalue weighted by atomic mass is 10.2. The molecule has 29 heavy (non-hydrogen) atoms. The first-order valence-electron chi connectivity index (χ1n) is 8.43. The number of nitrogens with zero attached hydrogens (tertiary/aromatic N) is 3. The van der Waals surface area contributed by atoms with Gasteiger partial charge in [-0.25, -0.2) is 0 Å². The van der Waals surface area contributed by atoms with Crippen molar-refractivity contribution < 1.29 is 18.0 Å². The van der Waals surface area contributed by atoms with Gasteiger partial charge in [0.1, 0.15) is 0 Å². The van der Waals surface area contributed by atoms with Gasteiger partial charge < -0.3 is 5.32 Å². The minimum atomic E-state index is -4.67. The third-order valence-electron chi connectivity index (χ3n) is 3.91. The molecule has 0 spiro atoms. The molecule has 1 aromatic heterocycles. The maximum absolute atomic E-state index is 13.4. The van der Waals surface area contributed by atoms with Crippen molar-refractivity contribution in [1.82, 2.24) is 14.8 Å². The van der Waals surface area contributed by atoms with Crippen molar-refractivity contribution in [2.45, 2.75) is 25.2 Å². The Morgan fingerprint density at radius 2 is 1.76 bits per heavy atom. The highest BCUT2D eigenvalue weighted by atomic mass is 79.9. The van der Waals surface area contributed by atoms with Gasteiger partial charge >= 0.3 is 6.18 Å². The van der Waals surface area contributed by atoms with E-state index in [9.17, 15) is 18.0 Å². The van der Waals surface area contributed by atoms with Gasteiger partial charge in [0.2, 0.25) is 11.7 Å². The lowest BCUT2D eigenvalue weighted by Gasteiger charge is -2.12. The maximum Gasteiger partial charge on any atom is 0.452 e. The molecule has 3 aromatic rings. The van der Waals surface area contributed by atoms with Crippen LogP contribution in [0.2, 0.25) is 0 Å². The van der Waals surface area contributed by atoms with E-state index in [1.807, 2.05) is 26.0 Å².